The van der Waals surface area contributed by atoms with E-state index in [4.69, 9.17) is 0 Å². The van der Waals surface area contributed by atoms with E-state index < -0.39 is 0 Å². The minimum atomic E-state index is -0.0427. The van der Waals surface area contributed by atoms with E-state index >= 15 is 0 Å². The van der Waals surface area contributed by atoms with Gasteiger partial charge < -0.3 is 0 Å². The van der Waals surface area contributed by atoms with Crippen LogP contribution in [0.2, 0.25) is 0 Å². The Kier molecular flexibility index (Phi) is 3.82. The molecule has 0 aliphatic rings. The summed E-state index contributed by atoms with van der Waals surface area (Å²) in [7, 11) is 3.71. The number of hydrogen-bond acceptors (Lipinski definition) is 1. The van der Waals surface area contributed by atoms with Crippen molar-refractivity contribution in [1.82, 2.24) is 9.88 Å². The zero-order chi connectivity index (χ0) is 14.8. The number of amides is 1. The molecule has 0 saturated carbocycles. The molecule has 1 heterocycles. The van der Waals surface area contributed by atoms with E-state index in [0.29, 0.717) is 5.56 Å². The average Bonchev–Trinajstić information content (AvgIpc) is 2.83. The quantitative estimate of drug-likeness (QED) is 0.713. The normalized spacial score (nSPS) is 10.8. The molecule has 0 fully saturated rings. The van der Waals surface area contributed by atoms with Crippen LogP contribution in [-0.2, 0) is 7.05 Å². The van der Waals surface area contributed by atoms with E-state index in [-0.39, 0.29) is 20.9 Å². The monoisotopic (exact) mass is 344 g/mol. The molecule has 106 valence electrons. The van der Waals surface area contributed by atoms with Crippen LogP contribution in [0, 0.1) is 0 Å². The molecule has 1 aromatic heterocycles. The molecule has 3 aromatic rings. The van der Waals surface area contributed by atoms with E-state index in [0.717, 1.165) is 5.52 Å². The maximum absolute atomic E-state index is 11.8. The van der Waals surface area contributed by atoms with Gasteiger partial charge in [0.05, 0.1) is 0 Å². The predicted molar refractivity (Wildman–Crippen MR) is 87.8 cm³/mol. The molecule has 0 aliphatic heterocycles. The molecule has 21 heavy (non-hydrogen) atoms. The predicted octanol–water partition coefficient (Wildman–Crippen LogP) is 1.19. The first-order valence-electron chi connectivity index (χ1n) is 6.73. The number of fused-ring (bicyclic) bond motifs is 1. The second-order valence-electron chi connectivity index (χ2n) is 4.83. The molecular formula is C17H16N2OSe. The van der Waals surface area contributed by atoms with Gasteiger partial charge in [-0.2, -0.15) is 0 Å². The molecule has 0 spiro atoms. The molecule has 0 saturated heterocycles. The minimum absolute atomic E-state index is 0.0427. The number of carbonyl (C=O) groups is 1. The number of hydrogen-bond donors (Lipinski definition) is 1. The van der Waals surface area contributed by atoms with Gasteiger partial charge in [-0.05, 0) is 0 Å². The number of nitrogens with zero attached hydrogens (tertiary/aromatic N) is 1. The first-order valence-corrected chi connectivity index (χ1v) is 8.44. The van der Waals surface area contributed by atoms with Gasteiger partial charge >= 0.3 is 130 Å². The van der Waals surface area contributed by atoms with Gasteiger partial charge in [0.25, 0.3) is 0 Å². The molecule has 0 aliphatic carbocycles. The van der Waals surface area contributed by atoms with Crippen molar-refractivity contribution in [1.29, 1.82) is 0 Å². The van der Waals surface area contributed by atoms with Crippen LogP contribution in [-0.4, -0.2) is 32.5 Å². The van der Waals surface area contributed by atoms with Gasteiger partial charge in [0.1, 0.15) is 0 Å². The van der Waals surface area contributed by atoms with Crippen LogP contribution in [0.25, 0.3) is 10.9 Å². The third kappa shape index (κ3) is 2.73. The SMILES string of the molecule is CNC(=O)c1ccc2c(c1)c([Se]c1ccccc1)cn2C. The third-order valence-electron chi connectivity index (χ3n) is 3.41. The molecule has 3 rings (SSSR count). The van der Waals surface area contributed by atoms with Gasteiger partial charge in [-0.25, -0.2) is 0 Å². The maximum atomic E-state index is 11.8. The average molecular weight is 343 g/mol. The molecule has 4 heteroatoms. The Balaban J connectivity index is 2.07. The van der Waals surface area contributed by atoms with Crippen molar-refractivity contribution in [3.8, 4) is 0 Å². The molecular weight excluding hydrogens is 327 g/mol. The third-order valence-corrected chi connectivity index (χ3v) is 5.62. The fraction of sp³-hybridized carbons (Fsp3) is 0.118. The van der Waals surface area contributed by atoms with Gasteiger partial charge in [0, 0.05) is 0 Å². The molecule has 2 aromatic carbocycles. The second-order valence-corrected chi connectivity index (χ2v) is 7.17. The van der Waals surface area contributed by atoms with Crippen LogP contribution in [0.5, 0.6) is 0 Å². The Labute approximate surface area is 130 Å². The second kappa shape index (κ2) is 5.76. The number of carbonyl (C=O) groups excluding carboxylic acids is 1. The fourth-order valence-electron chi connectivity index (χ4n) is 2.34. The van der Waals surface area contributed by atoms with Crippen LogP contribution in [0.1, 0.15) is 10.4 Å². The summed E-state index contributed by atoms with van der Waals surface area (Å²) in [6, 6.07) is 16.4. The van der Waals surface area contributed by atoms with Crippen molar-refractivity contribution < 1.29 is 4.79 Å². The van der Waals surface area contributed by atoms with Crippen LogP contribution in [0.4, 0.5) is 0 Å². The van der Waals surface area contributed by atoms with E-state index in [1.807, 2.05) is 31.3 Å². The van der Waals surface area contributed by atoms with E-state index in [1.54, 1.807) is 7.05 Å². The molecule has 1 N–H and O–H groups in total. The first-order chi connectivity index (χ1) is 10.2. The number of aryl methyl sites for hydroxylation is 1. The van der Waals surface area contributed by atoms with E-state index in [9.17, 15) is 4.79 Å². The van der Waals surface area contributed by atoms with Crippen molar-refractivity contribution in [2.75, 3.05) is 7.05 Å². The Bertz CT molecular complexity index is 793. The fourth-order valence-corrected chi connectivity index (χ4v) is 4.50. The van der Waals surface area contributed by atoms with Gasteiger partial charge in [-0.15, -0.1) is 0 Å². The van der Waals surface area contributed by atoms with Crippen molar-refractivity contribution in [2.24, 2.45) is 7.05 Å². The molecule has 3 nitrogen and oxygen atoms in total. The van der Waals surface area contributed by atoms with Crippen molar-refractivity contribution in [3.05, 3.63) is 60.3 Å². The summed E-state index contributed by atoms with van der Waals surface area (Å²) in [5, 5.41) is 3.85. The molecule has 1 amide bonds. The summed E-state index contributed by atoms with van der Waals surface area (Å²) in [6.45, 7) is 0. The summed E-state index contributed by atoms with van der Waals surface area (Å²) in [6.07, 6.45) is 2.17. The summed E-state index contributed by atoms with van der Waals surface area (Å²) in [5.41, 5.74) is 1.87. The van der Waals surface area contributed by atoms with Gasteiger partial charge in [-0.3, -0.25) is 0 Å². The molecule has 0 radical (unpaired) electrons. The summed E-state index contributed by atoms with van der Waals surface area (Å²) >= 11 is 0.238. The van der Waals surface area contributed by atoms with Crippen LogP contribution >= 0.6 is 0 Å². The van der Waals surface area contributed by atoms with E-state index in [1.165, 1.54) is 14.3 Å². The molecule has 0 bridgehead atoms. The number of aromatic nitrogens is 1. The Morgan fingerprint density at radius 2 is 1.90 bits per heavy atom. The number of rotatable bonds is 3. The molecule has 0 atom stereocenters. The van der Waals surface area contributed by atoms with Crippen molar-refractivity contribution in [3.63, 3.8) is 0 Å². The standard InChI is InChI=1S/C17H16N2OSe/c1-18-17(20)12-8-9-15-14(10-12)16(11-19(15)2)21-13-6-4-3-5-7-13/h3-11H,1-2H3,(H,18,20). The Morgan fingerprint density at radius 1 is 1.14 bits per heavy atom. The van der Waals surface area contributed by atoms with Gasteiger partial charge in [0.2, 0.25) is 0 Å². The van der Waals surface area contributed by atoms with Gasteiger partial charge in [-0.1, -0.05) is 0 Å². The number of benzene rings is 2. The van der Waals surface area contributed by atoms with Crippen LogP contribution in [0.3, 0.4) is 0 Å². The summed E-state index contributed by atoms with van der Waals surface area (Å²) in [4.78, 5) is 11.8. The van der Waals surface area contributed by atoms with Crippen LogP contribution in [0.15, 0.2) is 54.7 Å². The Morgan fingerprint density at radius 3 is 2.62 bits per heavy atom. The van der Waals surface area contributed by atoms with Gasteiger partial charge in [0.15, 0.2) is 0 Å². The first kappa shape index (κ1) is 13.9. The summed E-state index contributed by atoms with van der Waals surface area (Å²) in [5.74, 6) is -0.0427. The van der Waals surface area contributed by atoms with Crippen LogP contribution < -0.4 is 14.2 Å². The van der Waals surface area contributed by atoms with Crippen molar-refractivity contribution in [2.45, 2.75) is 0 Å². The topological polar surface area (TPSA) is 34.0 Å². The van der Waals surface area contributed by atoms with Crippen molar-refractivity contribution >= 4 is 40.7 Å². The summed E-state index contributed by atoms with van der Waals surface area (Å²) < 4.78 is 4.77. The Hall–Kier alpha value is -2.03. The van der Waals surface area contributed by atoms with E-state index in [2.05, 4.69) is 40.3 Å². The zero-order valence-corrected chi connectivity index (χ0v) is 13.7. The molecule has 0 unspecified atom stereocenters. The number of nitrogens with one attached hydrogen (secondary N) is 1. The zero-order valence-electron chi connectivity index (χ0n) is 12.0.